The van der Waals surface area contributed by atoms with Crippen LogP contribution in [0.5, 0.6) is 5.75 Å². The fourth-order valence-electron chi connectivity index (χ4n) is 2.62. The minimum Gasteiger partial charge on any atom is -0.497 e. The zero-order valence-electron chi connectivity index (χ0n) is 12.6. The highest BCUT2D eigenvalue weighted by molar-refractivity contribution is 5.87. The molecule has 0 saturated carbocycles. The second kappa shape index (κ2) is 6.12. The topological polar surface area (TPSA) is 92.9 Å². The van der Waals surface area contributed by atoms with Gasteiger partial charge in [-0.2, -0.15) is 0 Å². The van der Waals surface area contributed by atoms with Crippen LogP contribution in [0.2, 0.25) is 0 Å². The van der Waals surface area contributed by atoms with Gasteiger partial charge in [-0.15, -0.1) is 0 Å². The number of carboxylic acid groups (broad SMARTS) is 1. The normalized spacial score (nSPS) is 13.5. The number of fused-ring (bicyclic) bond motifs is 1. The van der Waals surface area contributed by atoms with E-state index < -0.39 is 5.97 Å². The first-order valence-electron chi connectivity index (χ1n) is 7.20. The molecule has 0 aliphatic carbocycles. The van der Waals surface area contributed by atoms with Crippen LogP contribution in [-0.4, -0.2) is 40.7 Å². The molecule has 7 nitrogen and oxygen atoms in total. The van der Waals surface area contributed by atoms with Crippen molar-refractivity contribution < 1.29 is 24.0 Å². The molecule has 1 amide bonds. The molecule has 0 atom stereocenters. The van der Waals surface area contributed by atoms with Crippen molar-refractivity contribution in [3.8, 4) is 5.75 Å². The molecule has 1 aliphatic heterocycles. The van der Waals surface area contributed by atoms with E-state index in [-0.39, 0.29) is 24.6 Å². The Morgan fingerprint density at radius 2 is 2.09 bits per heavy atom. The van der Waals surface area contributed by atoms with Crippen LogP contribution >= 0.6 is 0 Å². The van der Waals surface area contributed by atoms with Gasteiger partial charge in [-0.3, -0.25) is 4.79 Å². The largest absolute Gasteiger partial charge is 0.497 e. The van der Waals surface area contributed by atoms with E-state index in [0.29, 0.717) is 24.3 Å². The Kier molecular flexibility index (Phi) is 4.01. The number of aromatic carboxylic acids is 1. The second-order valence-electron chi connectivity index (χ2n) is 5.33. The number of nitrogens with zero attached hydrogens (tertiary/aromatic N) is 2. The molecule has 2 heterocycles. The molecule has 2 aromatic rings. The Bertz CT molecular complexity index is 735. The number of carbonyl (C=O) groups excluding carboxylic acids is 1. The van der Waals surface area contributed by atoms with Gasteiger partial charge in [0.1, 0.15) is 11.5 Å². The molecular weight excluding hydrogens is 300 g/mol. The number of hydrogen-bond donors (Lipinski definition) is 1. The SMILES string of the molecule is COc1ccc(CC(=O)N2CCc3onc(C(=O)O)c3C2)cc1. The van der Waals surface area contributed by atoms with Gasteiger partial charge in [0.25, 0.3) is 0 Å². The van der Waals surface area contributed by atoms with Crippen LogP contribution in [0, 0.1) is 0 Å². The number of rotatable bonds is 4. The highest BCUT2D eigenvalue weighted by Gasteiger charge is 2.29. The number of amides is 1. The van der Waals surface area contributed by atoms with Gasteiger partial charge < -0.3 is 19.3 Å². The highest BCUT2D eigenvalue weighted by atomic mass is 16.5. The van der Waals surface area contributed by atoms with Crippen LogP contribution in [0.15, 0.2) is 28.8 Å². The molecule has 1 aromatic carbocycles. The van der Waals surface area contributed by atoms with Gasteiger partial charge in [0.2, 0.25) is 5.91 Å². The van der Waals surface area contributed by atoms with Crippen molar-refractivity contribution in [1.82, 2.24) is 10.1 Å². The molecule has 7 heteroatoms. The minimum absolute atomic E-state index is 0.0571. The maximum absolute atomic E-state index is 12.4. The maximum atomic E-state index is 12.4. The Hall–Kier alpha value is -2.83. The summed E-state index contributed by atoms with van der Waals surface area (Å²) in [7, 11) is 1.59. The fourth-order valence-corrected chi connectivity index (χ4v) is 2.62. The molecule has 1 aromatic heterocycles. The smallest absolute Gasteiger partial charge is 0.358 e. The minimum atomic E-state index is -1.14. The molecule has 1 N–H and O–H groups in total. The second-order valence-corrected chi connectivity index (χ2v) is 5.33. The van der Waals surface area contributed by atoms with E-state index in [4.69, 9.17) is 14.4 Å². The number of ether oxygens (including phenoxy) is 1. The quantitative estimate of drug-likeness (QED) is 0.919. The first kappa shape index (κ1) is 15.1. The zero-order valence-corrected chi connectivity index (χ0v) is 12.6. The van der Waals surface area contributed by atoms with E-state index in [1.807, 2.05) is 12.1 Å². The molecule has 1 aliphatic rings. The molecule has 0 spiro atoms. The lowest BCUT2D eigenvalue weighted by Gasteiger charge is -2.26. The van der Waals surface area contributed by atoms with E-state index in [1.54, 1.807) is 24.1 Å². The van der Waals surface area contributed by atoms with Gasteiger partial charge in [-0.25, -0.2) is 4.79 Å². The molecule has 23 heavy (non-hydrogen) atoms. The van der Waals surface area contributed by atoms with Crippen LogP contribution < -0.4 is 4.74 Å². The molecule has 0 bridgehead atoms. The average Bonchev–Trinajstić information content (AvgIpc) is 2.98. The van der Waals surface area contributed by atoms with Gasteiger partial charge in [0, 0.05) is 18.5 Å². The Balaban J connectivity index is 1.71. The molecular formula is C16H16N2O5. The van der Waals surface area contributed by atoms with Crippen molar-refractivity contribution in [2.45, 2.75) is 19.4 Å². The lowest BCUT2D eigenvalue weighted by Crippen LogP contribution is -2.37. The zero-order chi connectivity index (χ0) is 16.4. The lowest BCUT2D eigenvalue weighted by molar-refractivity contribution is -0.131. The summed E-state index contributed by atoms with van der Waals surface area (Å²) < 4.78 is 10.1. The summed E-state index contributed by atoms with van der Waals surface area (Å²) in [6.45, 7) is 0.714. The van der Waals surface area contributed by atoms with E-state index in [0.717, 1.165) is 11.3 Å². The van der Waals surface area contributed by atoms with Crippen LogP contribution in [0.4, 0.5) is 0 Å². The monoisotopic (exact) mass is 316 g/mol. The molecule has 0 unspecified atom stereocenters. The Morgan fingerprint density at radius 1 is 1.35 bits per heavy atom. The first-order valence-corrected chi connectivity index (χ1v) is 7.20. The number of aromatic nitrogens is 1. The van der Waals surface area contributed by atoms with E-state index in [9.17, 15) is 9.59 Å². The van der Waals surface area contributed by atoms with Gasteiger partial charge in [-0.05, 0) is 17.7 Å². The number of methoxy groups -OCH3 is 1. The van der Waals surface area contributed by atoms with Gasteiger partial charge in [0.05, 0.1) is 20.1 Å². The third kappa shape index (κ3) is 3.03. The summed E-state index contributed by atoms with van der Waals surface area (Å²) in [4.78, 5) is 25.2. The Labute approximate surface area is 132 Å². The van der Waals surface area contributed by atoms with Crippen molar-refractivity contribution in [2.24, 2.45) is 0 Å². The van der Waals surface area contributed by atoms with E-state index in [1.165, 1.54) is 0 Å². The first-order chi connectivity index (χ1) is 11.1. The number of carboxylic acids is 1. The molecule has 3 rings (SSSR count). The molecule has 0 fully saturated rings. The third-order valence-electron chi connectivity index (χ3n) is 3.90. The lowest BCUT2D eigenvalue weighted by atomic mass is 10.0. The van der Waals surface area contributed by atoms with Gasteiger partial charge >= 0.3 is 5.97 Å². The summed E-state index contributed by atoms with van der Waals surface area (Å²) in [5, 5.41) is 12.7. The number of benzene rings is 1. The number of hydrogen-bond acceptors (Lipinski definition) is 5. The summed E-state index contributed by atoms with van der Waals surface area (Å²) in [6.07, 6.45) is 0.733. The maximum Gasteiger partial charge on any atom is 0.358 e. The summed E-state index contributed by atoms with van der Waals surface area (Å²) in [5.74, 6) is 0.0908. The van der Waals surface area contributed by atoms with Crippen molar-refractivity contribution in [3.05, 3.63) is 46.8 Å². The standard InChI is InChI=1S/C16H16N2O5/c1-22-11-4-2-10(3-5-11)8-14(19)18-7-6-13-12(9-18)15(16(20)21)17-23-13/h2-5H,6-9H2,1H3,(H,20,21). The number of carbonyl (C=O) groups is 2. The average molecular weight is 316 g/mol. The van der Waals surface area contributed by atoms with Crippen LogP contribution in [0.25, 0.3) is 0 Å². The van der Waals surface area contributed by atoms with Crippen molar-refractivity contribution in [2.75, 3.05) is 13.7 Å². The van der Waals surface area contributed by atoms with Crippen LogP contribution in [-0.2, 0) is 24.2 Å². The van der Waals surface area contributed by atoms with Gasteiger partial charge in [0.15, 0.2) is 5.69 Å². The molecule has 0 radical (unpaired) electrons. The van der Waals surface area contributed by atoms with Crippen LogP contribution in [0.3, 0.4) is 0 Å². The molecule has 0 saturated heterocycles. The Morgan fingerprint density at radius 3 is 2.74 bits per heavy atom. The van der Waals surface area contributed by atoms with Crippen molar-refractivity contribution in [1.29, 1.82) is 0 Å². The van der Waals surface area contributed by atoms with E-state index in [2.05, 4.69) is 5.16 Å². The summed E-state index contributed by atoms with van der Waals surface area (Å²) >= 11 is 0. The van der Waals surface area contributed by atoms with Crippen molar-refractivity contribution in [3.63, 3.8) is 0 Å². The van der Waals surface area contributed by atoms with Crippen molar-refractivity contribution >= 4 is 11.9 Å². The predicted molar refractivity (Wildman–Crippen MR) is 79.3 cm³/mol. The third-order valence-corrected chi connectivity index (χ3v) is 3.90. The van der Waals surface area contributed by atoms with E-state index >= 15 is 0 Å². The van der Waals surface area contributed by atoms with Gasteiger partial charge in [-0.1, -0.05) is 17.3 Å². The highest BCUT2D eigenvalue weighted by Crippen LogP contribution is 2.23. The van der Waals surface area contributed by atoms with Crippen LogP contribution in [0.1, 0.15) is 27.4 Å². The molecule has 120 valence electrons. The summed E-state index contributed by atoms with van der Waals surface area (Å²) in [6, 6.07) is 7.29. The fraction of sp³-hybridized carbons (Fsp3) is 0.312. The predicted octanol–water partition coefficient (Wildman–Crippen LogP) is 1.51. The summed E-state index contributed by atoms with van der Waals surface area (Å²) in [5.41, 5.74) is 1.26.